The van der Waals surface area contributed by atoms with Crippen LogP contribution in [0.5, 0.6) is 0 Å². The lowest BCUT2D eigenvalue weighted by Gasteiger charge is -2.06. The Kier molecular flexibility index (Phi) is 6.62. The molecule has 0 unspecified atom stereocenters. The van der Waals surface area contributed by atoms with Gasteiger partial charge in [-0.05, 0) is 67.9 Å². The van der Waals surface area contributed by atoms with Crippen molar-refractivity contribution < 1.29 is 0 Å². The molecule has 4 aromatic rings. The molecule has 5 nitrogen and oxygen atoms in total. The predicted molar refractivity (Wildman–Crippen MR) is 125 cm³/mol. The second-order valence-electron chi connectivity index (χ2n) is 7.74. The summed E-state index contributed by atoms with van der Waals surface area (Å²) in [4.78, 5) is 16.6. The third kappa shape index (κ3) is 5.31. The zero-order valence-electron chi connectivity index (χ0n) is 18.0. The molecule has 1 N–H and O–H groups in total. The van der Waals surface area contributed by atoms with Gasteiger partial charge < -0.3 is 5.32 Å². The Hall–Kier alpha value is -3.60. The predicted octanol–water partition coefficient (Wildman–Crippen LogP) is 5.20. The maximum Gasteiger partial charge on any atom is 0.136 e. The third-order valence-electron chi connectivity index (χ3n) is 5.66. The molecule has 3 heterocycles. The largest absolute Gasteiger partial charge is 0.340 e. The van der Waals surface area contributed by atoms with Gasteiger partial charge in [0.1, 0.15) is 18.5 Å². The molecule has 0 aliphatic carbocycles. The number of hydrogen-bond acceptors (Lipinski definition) is 5. The van der Waals surface area contributed by atoms with Crippen LogP contribution in [-0.2, 0) is 25.7 Å². The number of anilines is 2. The fourth-order valence-electron chi connectivity index (χ4n) is 3.74. The van der Waals surface area contributed by atoms with Gasteiger partial charge in [-0.3, -0.25) is 0 Å². The number of hydrogen-bond donors (Lipinski definition) is 1. The zero-order valence-corrected chi connectivity index (χ0v) is 18.0. The molecule has 5 rings (SSSR count). The van der Waals surface area contributed by atoms with Gasteiger partial charge >= 0.3 is 0 Å². The van der Waals surface area contributed by atoms with Gasteiger partial charge in [0.2, 0.25) is 0 Å². The molecule has 0 saturated carbocycles. The number of nitrogens with one attached hydrogen (secondary N) is 1. The second-order valence-corrected chi connectivity index (χ2v) is 7.74. The van der Waals surface area contributed by atoms with E-state index < -0.39 is 0 Å². The van der Waals surface area contributed by atoms with Crippen molar-refractivity contribution in [2.75, 3.05) is 5.32 Å². The minimum Gasteiger partial charge on any atom is -0.340 e. The summed E-state index contributed by atoms with van der Waals surface area (Å²) in [6.07, 6.45) is 11.1. The first-order valence-electron chi connectivity index (χ1n) is 10.6. The van der Waals surface area contributed by atoms with E-state index in [9.17, 15) is 0 Å². The Morgan fingerprint density at radius 2 is 1.45 bits per heavy atom. The Morgan fingerprint density at radius 1 is 0.742 bits per heavy atom. The molecule has 2 aromatic carbocycles. The molecule has 0 atom stereocenters. The minimum absolute atomic E-state index is 0.940. The van der Waals surface area contributed by atoms with Crippen LogP contribution in [0.1, 0.15) is 33.5 Å². The molecule has 0 amide bonds. The summed E-state index contributed by atoms with van der Waals surface area (Å²) in [5.41, 5.74) is 8.79. The van der Waals surface area contributed by atoms with Gasteiger partial charge in [0.15, 0.2) is 0 Å². The summed E-state index contributed by atoms with van der Waals surface area (Å²) < 4.78 is 0. The summed E-state index contributed by atoms with van der Waals surface area (Å²) in [7, 11) is 0. The summed E-state index contributed by atoms with van der Waals surface area (Å²) >= 11 is 0. The lowest BCUT2D eigenvalue weighted by atomic mass is 10.0. The van der Waals surface area contributed by atoms with Crippen LogP contribution in [0.2, 0.25) is 0 Å². The van der Waals surface area contributed by atoms with Crippen molar-refractivity contribution in [3.8, 4) is 0 Å². The maximum atomic E-state index is 4.26. The Labute approximate surface area is 183 Å². The first-order chi connectivity index (χ1) is 15.2. The lowest BCUT2D eigenvalue weighted by Crippen LogP contribution is -1.98. The van der Waals surface area contributed by atoms with Gasteiger partial charge in [-0.2, -0.15) is 0 Å². The molecule has 1 aliphatic heterocycles. The molecule has 156 valence electrons. The zero-order chi connectivity index (χ0) is 21.5. The summed E-state index contributed by atoms with van der Waals surface area (Å²) in [6, 6.07) is 16.9. The molecular weight excluding hydrogens is 382 g/mol. The van der Waals surface area contributed by atoms with E-state index >= 15 is 0 Å². The fraction of sp³-hybridized carbons (Fsp3) is 0.231. The molecule has 5 heteroatoms. The van der Waals surface area contributed by atoms with Crippen LogP contribution in [0.15, 0.2) is 73.6 Å². The molecule has 0 saturated heterocycles. The number of benzene rings is 2. The Bertz CT molecular complexity index is 1060. The van der Waals surface area contributed by atoms with Crippen LogP contribution < -0.4 is 5.32 Å². The van der Waals surface area contributed by atoms with E-state index in [1.807, 2.05) is 25.4 Å². The van der Waals surface area contributed by atoms with Gasteiger partial charge in [0.25, 0.3) is 0 Å². The normalized spacial score (nSPS) is 11.8. The molecule has 31 heavy (non-hydrogen) atoms. The van der Waals surface area contributed by atoms with Crippen molar-refractivity contribution in [3.05, 3.63) is 107 Å². The third-order valence-corrected chi connectivity index (χ3v) is 5.66. The Balaban J connectivity index is 0.000000149. The SMILES string of the molecule is Cc1ccccc1CCc1cncnc1C.c1ccc2c(c1)CCc1cncnc1N2. The molecule has 0 spiro atoms. The van der Waals surface area contributed by atoms with Gasteiger partial charge in [-0.25, -0.2) is 19.9 Å². The standard InChI is InChI=1S/C14H16N2.C12H11N3/c1-11-5-3-4-6-13(11)7-8-14-9-15-10-16-12(14)2;1-2-4-11-9(3-1)5-6-10-7-13-8-14-12(10)15-11/h3-6,9-10H,7-8H2,1-2H3;1-4,7-8H,5-6H2,(H,13,14,15). The highest BCUT2D eigenvalue weighted by molar-refractivity contribution is 5.64. The molecule has 0 bridgehead atoms. The van der Waals surface area contributed by atoms with Gasteiger partial charge in [-0.1, -0.05) is 42.5 Å². The van der Waals surface area contributed by atoms with E-state index in [0.717, 1.165) is 42.9 Å². The van der Waals surface area contributed by atoms with E-state index in [4.69, 9.17) is 0 Å². The highest BCUT2D eigenvalue weighted by atomic mass is 15.0. The van der Waals surface area contributed by atoms with Crippen molar-refractivity contribution >= 4 is 11.5 Å². The summed E-state index contributed by atoms with van der Waals surface area (Å²) in [6.45, 7) is 4.19. The highest BCUT2D eigenvalue weighted by Crippen LogP contribution is 2.27. The second kappa shape index (κ2) is 9.94. The van der Waals surface area contributed by atoms with E-state index in [1.165, 1.54) is 27.8 Å². The van der Waals surface area contributed by atoms with Crippen LogP contribution in [0, 0.1) is 13.8 Å². The number of aromatic nitrogens is 4. The van der Waals surface area contributed by atoms with Gasteiger partial charge in [0.05, 0.1) is 0 Å². The van der Waals surface area contributed by atoms with E-state index in [2.05, 4.69) is 74.6 Å². The van der Waals surface area contributed by atoms with E-state index in [0.29, 0.717) is 0 Å². The lowest BCUT2D eigenvalue weighted by molar-refractivity contribution is 0.903. The molecule has 0 fully saturated rings. The highest BCUT2D eigenvalue weighted by Gasteiger charge is 2.12. The average molecular weight is 410 g/mol. The van der Waals surface area contributed by atoms with Crippen LogP contribution in [0.3, 0.4) is 0 Å². The van der Waals surface area contributed by atoms with Crippen molar-refractivity contribution in [3.63, 3.8) is 0 Å². The molecule has 0 radical (unpaired) electrons. The van der Waals surface area contributed by atoms with Crippen molar-refractivity contribution in [2.45, 2.75) is 39.5 Å². The Morgan fingerprint density at radius 3 is 2.32 bits per heavy atom. The van der Waals surface area contributed by atoms with E-state index in [-0.39, 0.29) is 0 Å². The summed E-state index contributed by atoms with van der Waals surface area (Å²) in [5.74, 6) is 0.940. The number of nitrogens with zero attached hydrogens (tertiary/aromatic N) is 4. The van der Waals surface area contributed by atoms with Crippen molar-refractivity contribution in [2.24, 2.45) is 0 Å². The fourth-order valence-corrected chi connectivity index (χ4v) is 3.74. The smallest absolute Gasteiger partial charge is 0.136 e. The van der Waals surface area contributed by atoms with Crippen LogP contribution in [0.4, 0.5) is 11.5 Å². The molecule has 2 aromatic heterocycles. The molecule has 1 aliphatic rings. The maximum absolute atomic E-state index is 4.26. The van der Waals surface area contributed by atoms with Crippen molar-refractivity contribution in [1.82, 2.24) is 19.9 Å². The van der Waals surface area contributed by atoms with Crippen LogP contribution in [0.25, 0.3) is 0 Å². The first kappa shape index (κ1) is 20.7. The quantitative estimate of drug-likeness (QED) is 0.504. The first-order valence-corrected chi connectivity index (χ1v) is 10.6. The average Bonchev–Trinajstić information content (AvgIpc) is 2.99. The minimum atomic E-state index is 0.940. The van der Waals surface area contributed by atoms with Gasteiger partial charge in [-0.15, -0.1) is 0 Å². The molecular formula is C26H27N5. The van der Waals surface area contributed by atoms with Gasteiger partial charge in [0, 0.05) is 29.3 Å². The topological polar surface area (TPSA) is 63.6 Å². The number of para-hydroxylation sites is 1. The number of rotatable bonds is 3. The van der Waals surface area contributed by atoms with E-state index in [1.54, 1.807) is 12.7 Å². The van der Waals surface area contributed by atoms with Crippen molar-refractivity contribution in [1.29, 1.82) is 0 Å². The monoisotopic (exact) mass is 409 g/mol. The summed E-state index contributed by atoms with van der Waals surface area (Å²) in [5, 5.41) is 3.35. The van der Waals surface area contributed by atoms with Crippen LogP contribution >= 0.6 is 0 Å². The number of aryl methyl sites for hydroxylation is 6. The van der Waals surface area contributed by atoms with Crippen LogP contribution in [-0.4, -0.2) is 19.9 Å². The number of fused-ring (bicyclic) bond motifs is 2.